The van der Waals surface area contributed by atoms with E-state index in [1.165, 1.54) is 0 Å². The van der Waals surface area contributed by atoms with Gasteiger partial charge in [-0.1, -0.05) is 18.2 Å². The summed E-state index contributed by atoms with van der Waals surface area (Å²) < 4.78 is 23.6. The van der Waals surface area contributed by atoms with Crippen molar-refractivity contribution in [1.29, 1.82) is 5.26 Å². The standard InChI is InChI=1S/C10H9NO2S/c11-7-8-6-10(8)14(12,13)9-4-2-1-3-5-9/h1-5,8,10H,6H2/t8-,10-/m1/s1. The first-order valence-electron chi connectivity index (χ1n) is 4.35. The number of sulfone groups is 1. The number of hydrogen-bond acceptors (Lipinski definition) is 3. The predicted octanol–water partition coefficient (Wildman–Crippen LogP) is 1.37. The third-order valence-corrected chi connectivity index (χ3v) is 4.62. The average Bonchev–Trinajstić information content (AvgIpc) is 2.98. The molecule has 0 amide bonds. The molecule has 0 heterocycles. The van der Waals surface area contributed by atoms with Gasteiger partial charge in [-0.15, -0.1) is 0 Å². The SMILES string of the molecule is N#C[C@H]1C[C@H]1S(=O)(=O)c1ccccc1. The maximum absolute atomic E-state index is 11.8. The first kappa shape index (κ1) is 9.22. The molecular formula is C10H9NO2S. The van der Waals surface area contributed by atoms with Crippen molar-refractivity contribution >= 4 is 9.84 Å². The first-order chi connectivity index (χ1) is 6.66. The van der Waals surface area contributed by atoms with Crippen molar-refractivity contribution in [2.24, 2.45) is 5.92 Å². The second kappa shape index (κ2) is 3.10. The second-order valence-corrected chi connectivity index (χ2v) is 5.53. The molecule has 4 heteroatoms. The summed E-state index contributed by atoms with van der Waals surface area (Å²) in [5.74, 6) is -0.305. The normalized spacial score (nSPS) is 25.4. The fourth-order valence-electron chi connectivity index (χ4n) is 1.44. The van der Waals surface area contributed by atoms with Crippen LogP contribution in [-0.4, -0.2) is 13.7 Å². The van der Waals surface area contributed by atoms with E-state index in [1.807, 2.05) is 6.07 Å². The summed E-state index contributed by atoms with van der Waals surface area (Å²) in [6.45, 7) is 0. The number of nitrogens with zero attached hydrogens (tertiary/aromatic N) is 1. The van der Waals surface area contributed by atoms with Crippen LogP contribution in [0.2, 0.25) is 0 Å². The molecule has 0 radical (unpaired) electrons. The van der Waals surface area contributed by atoms with E-state index in [9.17, 15) is 8.42 Å². The predicted molar refractivity (Wildman–Crippen MR) is 51.1 cm³/mol. The Kier molecular flexibility index (Phi) is 2.05. The van der Waals surface area contributed by atoms with Crippen molar-refractivity contribution in [2.45, 2.75) is 16.6 Å². The van der Waals surface area contributed by atoms with Crippen LogP contribution in [0.25, 0.3) is 0 Å². The number of nitriles is 1. The summed E-state index contributed by atoms with van der Waals surface area (Å²) in [5.41, 5.74) is 0. The quantitative estimate of drug-likeness (QED) is 0.736. The van der Waals surface area contributed by atoms with Crippen molar-refractivity contribution in [3.8, 4) is 6.07 Å². The van der Waals surface area contributed by atoms with E-state index in [-0.39, 0.29) is 5.92 Å². The minimum absolute atomic E-state index is 0.305. The lowest BCUT2D eigenvalue weighted by molar-refractivity contribution is 0.594. The van der Waals surface area contributed by atoms with Crippen LogP contribution in [0, 0.1) is 17.2 Å². The molecule has 2 rings (SSSR count). The molecule has 1 aromatic rings. The number of rotatable bonds is 2. The van der Waals surface area contributed by atoms with Crippen LogP contribution in [0.3, 0.4) is 0 Å². The van der Waals surface area contributed by atoms with Gasteiger partial charge in [-0.2, -0.15) is 5.26 Å². The average molecular weight is 207 g/mol. The number of hydrogen-bond donors (Lipinski definition) is 0. The Bertz CT molecular complexity index is 473. The van der Waals surface area contributed by atoms with Crippen LogP contribution >= 0.6 is 0 Å². The lowest BCUT2D eigenvalue weighted by Gasteiger charge is -2.00. The minimum atomic E-state index is -3.25. The zero-order chi connectivity index (χ0) is 10.2. The zero-order valence-electron chi connectivity index (χ0n) is 7.42. The number of benzene rings is 1. The van der Waals surface area contributed by atoms with Crippen LogP contribution in [0.1, 0.15) is 6.42 Å². The highest BCUT2D eigenvalue weighted by Gasteiger charge is 2.48. The Balaban J connectivity index is 2.33. The highest BCUT2D eigenvalue weighted by molar-refractivity contribution is 7.92. The Hall–Kier alpha value is -1.34. The van der Waals surface area contributed by atoms with Crippen LogP contribution in [0.15, 0.2) is 35.2 Å². The molecule has 1 aliphatic carbocycles. The van der Waals surface area contributed by atoms with Gasteiger partial charge in [-0.3, -0.25) is 0 Å². The summed E-state index contributed by atoms with van der Waals surface area (Å²) in [6.07, 6.45) is 0.480. The van der Waals surface area contributed by atoms with Gasteiger partial charge < -0.3 is 0 Å². The van der Waals surface area contributed by atoms with E-state index in [0.717, 1.165) is 0 Å². The third-order valence-electron chi connectivity index (χ3n) is 2.37. The van der Waals surface area contributed by atoms with Gasteiger partial charge in [0.1, 0.15) is 0 Å². The van der Waals surface area contributed by atoms with Crippen molar-refractivity contribution in [2.75, 3.05) is 0 Å². The van der Waals surface area contributed by atoms with E-state index in [4.69, 9.17) is 5.26 Å². The highest BCUT2D eigenvalue weighted by atomic mass is 32.2. The molecule has 0 aliphatic heterocycles. The van der Waals surface area contributed by atoms with E-state index >= 15 is 0 Å². The molecule has 3 nitrogen and oxygen atoms in total. The Morgan fingerprint density at radius 1 is 1.29 bits per heavy atom. The molecule has 14 heavy (non-hydrogen) atoms. The minimum Gasteiger partial charge on any atom is -0.223 e. The molecule has 2 atom stereocenters. The fourth-order valence-corrected chi connectivity index (χ4v) is 3.28. The topological polar surface area (TPSA) is 57.9 Å². The van der Waals surface area contributed by atoms with Gasteiger partial charge in [0.05, 0.1) is 22.1 Å². The van der Waals surface area contributed by atoms with Gasteiger partial charge in [0.25, 0.3) is 0 Å². The van der Waals surface area contributed by atoms with Gasteiger partial charge in [0, 0.05) is 0 Å². The van der Waals surface area contributed by atoms with Crippen LogP contribution in [0.4, 0.5) is 0 Å². The Labute approximate surface area is 82.9 Å². The van der Waals surface area contributed by atoms with E-state index in [1.54, 1.807) is 30.3 Å². The molecular weight excluding hydrogens is 198 g/mol. The maximum atomic E-state index is 11.8. The Morgan fingerprint density at radius 2 is 1.93 bits per heavy atom. The summed E-state index contributed by atoms with van der Waals surface area (Å²) in [7, 11) is -3.25. The maximum Gasteiger partial charge on any atom is 0.182 e. The van der Waals surface area contributed by atoms with Crippen LogP contribution in [-0.2, 0) is 9.84 Å². The summed E-state index contributed by atoms with van der Waals surface area (Å²) in [6, 6.07) is 10.3. The highest BCUT2D eigenvalue weighted by Crippen LogP contribution is 2.39. The zero-order valence-corrected chi connectivity index (χ0v) is 8.24. The van der Waals surface area contributed by atoms with Gasteiger partial charge in [-0.25, -0.2) is 8.42 Å². The molecule has 72 valence electrons. The third kappa shape index (κ3) is 1.40. The van der Waals surface area contributed by atoms with E-state index < -0.39 is 15.1 Å². The van der Waals surface area contributed by atoms with Crippen molar-refractivity contribution in [3.63, 3.8) is 0 Å². The van der Waals surface area contributed by atoms with Gasteiger partial charge >= 0.3 is 0 Å². The molecule has 0 bridgehead atoms. The smallest absolute Gasteiger partial charge is 0.182 e. The lowest BCUT2D eigenvalue weighted by Crippen LogP contribution is -2.08. The summed E-state index contributed by atoms with van der Waals surface area (Å²) >= 11 is 0. The molecule has 1 aromatic carbocycles. The van der Waals surface area contributed by atoms with Crippen LogP contribution in [0.5, 0.6) is 0 Å². The molecule has 0 saturated heterocycles. The molecule has 0 unspecified atom stereocenters. The molecule has 0 aromatic heterocycles. The van der Waals surface area contributed by atoms with Crippen molar-refractivity contribution in [3.05, 3.63) is 30.3 Å². The van der Waals surface area contributed by atoms with Crippen LogP contribution < -0.4 is 0 Å². The van der Waals surface area contributed by atoms with Crippen molar-refractivity contribution < 1.29 is 8.42 Å². The molecule has 1 saturated carbocycles. The lowest BCUT2D eigenvalue weighted by atomic mass is 10.4. The van der Waals surface area contributed by atoms with Gasteiger partial charge in [0.2, 0.25) is 0 Å². The molecule has 1 fully saturated rings. The van der Waals surface area contributed by atoms with Gasteiger partial charge in [0.15, 0.2) is 9.84 Å². The first-order valence-corrected chi connectivity index (χ1v) is 5.89. The largest absolute Gasteiger partial charge is 0.223 e. The molecule has 0 N–H and O–H groups in total. The molecule has 1 aliphatic rings. The summed E-state index contributed by atoms with van der Waals surface area (Å²) in [4.78, 5) is 0.322. The molecule has 0 spiro atoms. The van der Waals surface area contributed by atoms with Gasteiger partial charge in [-0.05, 0) is 18.6 Å². The van der Waals surface area contributed by atoms with E-state index in [0.29, 0.717) is 11.3 Å². The Morgan fingerprint density at radius 3 is 2.43 bits per heavy atom. The fraction of sp³-hybridized carbons (Fsp3) is 0.300. The monoisotopic (exact) mass is 207 g/mol. The van der Waals surface area contributed by atoms with Crippen molar-refractivity contribution in [1.82, 2.24) is 0 Å². The summed E-state index contributed by atoms with van der Waals surface area (Å²) in [5, 5.41) is 8.10. The van der Waals surface area contributed by atoms with E-state index in [2.05, 4.69) is 0 Å². The second-order valence-electron chi connectivity index (χ2n) is 3.37.